The van der Waals surface area contributed by atoms with Crippen LogP contribution in [0.4, 0.5) is 0 Å². The standard InChI is InChI=1S/C17H24N2O2/c1-14-8-9-16(13-15(14)7-6-12-20)17(21)18-10-4-5-11-19(2)3/h8-9,13,20H,4-5,10-12H2,1-3H3,(H,18,21). The van der Waals surface area contributed by atoms with E-state index in [0.29, 0.717) is 12.1 Å². The number of nitrogens with zero attached hydrogens (tertiary/aromatic N) is 1. The summed E-state index contributed by atoms with van der Waals surface area (Å²) in [6.07, 6.45) is 2.03. The van der Waals surface area contributed by atoms with Crippen LogP contribution in [0.5, 0.6) is 0 Å². The highest BCUT2D eigenvalue weighted by Gasteiger charge is 2.06. The highest BCUT2D eigenvalue weighted by molar-refractivity contribution is 5.94. The molecule has 114 valence electrons. The van der Waals surface area contributed by atoms with Crippen LogP contribution in [0.1, 0.15) is 34.3 Å². The maximum atomic E-state index is 12.1. The monoisotopic (exact) mass is 288 g/mol. The van der Waals surface area contributed by atoms with Gasteiger partial charge in [-0.05, 0) is 58.1 Å². The Morgan fingerprint density at radius 2 is 2.10 bits per heavy atom. The number of unbranched alkanes of at least 4 members (excludes halogenated alkanes) is 1. The molecule has 0 atom stereocenters. The second-order valence-corrected chi connectivity index (χ2v) is 5.26. The number of carbonyl (C=O) groups excluding carboxylic acids is 1. The van der Waals surface area contributed by atoms with Crippen molar-refractivity contribution in [2.45, 2.75) is 19.8 Å². The molecule has 1 amide bonds. The molecule has 4 heteroatoms. The Bertz CT molecular complexity index is 527. The first-order valence-electron chi connectivity index (χ1n) is 7.18. The second kappa shape index (κ2) is 9.17. The highest BCUT2D eigenvalue weighted by Crippen LogP contribution is 2.10. The number of benzene rings is 1. The second-order valence-electron chi connectivity index (χ2n) is 5.26. The zero-order valence-corrected chi connectivity index (χ0v) is 13.1. The number of aliphatic hydroxyl groups excluding tert-OH is 1. The van der Waals surface area contributed by atoms with Gasteiger partial charge in [0.25, 0.3) is 5.91 Å². The molecule has 0 radical (unpaired) electrons. The van der Waals surface area contributed by atoms with Crippen molar-refractivity contribution in [3.05, 3.63) is 34.9 Å². The maximum Gasteiger partial charge on any atom is 0.251 e. The summed E-state index contributed by atoms with van der Waals surface area (Å²) in [5.74, 6) is 5.40. The number of nitrogens with one attached hydrogen (secondary N) is 1. The number of rotatable bonds is 6. The zero-order valence-electron chi connectivity index (χ0n) is 13.1. The van der Waals surface area contributed by atoms with Gasteiger partial charge < -0.3 is 15.3 Å². The first-order valence-corrected chi connectivity index (χ1v) is 7.18. The summed E-state index contributed by atoms with van der Waals surface area (Å²) in [5, 5.41) is 11.7. The Hall–Kier alpha value is -1.83. The van der Waals surface area contributed by atoms with E-state index in [1.165, 1.54) is 0 Å². The molecule has 0 aromatic heterocycles. The molecule has 0 aliphatic rings. The fourth-order valence-electron chi connectivity index (χ4n) is 1.89. The normalized spacial score (nSPS) is 10.1. The fraction of sp³-hybridized carbons (Fsp3) is 0.471. The lowest BCUT2D eigenvalue weighted by Gasteiger charge is -2.10. The van der Waals surface area contributed by atoms with E-state index in [-0.39, 0.29) is 12.5 Å². The average molecular weight is 288 g/mol. The van der Waals surface area contributed by atoms with Crippen LogP contribution >= 0.6 is 0 Å². The van der Waals surface area contributed by atoms with E-state index in [9.17, 15) is 4.79 Å². The van der Waals surface area contributed by atoms with Gasteiger partial charge in [-0.3, -0.25) is 4.79 Å². The zero-order chi connectivity index (χ0) is 15.7. The van der Waals surface area contributed by atoms with E-state index in [1.807, 2.05) is 27.1 Å². The molecule has 1 aromatic carbocycles. The number of aliphatic hydroxyl groups is 1. The van der Waals surface area contributed by atoms with Crippen molar-refractivity contribution in [2.24, 2.45) is 0 Å². The molecule has 0 aliphatic heterocycles. The van der Waals surface area contributed by atoms with E-state index >= 15 is 0 Å². The molecular weight excluding hydrogens is 264 g/mol. The van der Waals surface area contributed by atoms with E-state index < -0.39 is 0 Å². The van der Waals surface area contributed by atoms with E-state index in [4.69, 9.17) is 5.11 Å². The van der Waals surface area contributed by atoms with Crippen LogP contribution in [0.15, 0.2) is 18.2 Å². The van der Waals surface area contributed by atoms with Crippen LogP contribution in [0.3, 0.4) is 0 Å². The molecule has 2 N–H and O–H groups in total. The average Bonchev–Trinajstić information content (AvgIpc) is 2.45. The maximum absolute atomic E-state index is 12.1. The van der Waals surface area contributed by atoms with Crippen LogP contribution in [0.2, 0.25) is 0 Å². The summed E-state index contributed by atoms with van der Waals surface area (Å²) in [6, 6.07) is 5.45. The van der Waals surface area contributed by atoms with Crippen molar-refractivity contribution in [1.82, 2.24) is 10.2 Å². The fourth-order valence-corrected chi connectivity index (χ4v) is 1.89. The number of aryl methyl sites for hydroxylation is 1. The van der Waals surface area contributed by atoms with Crippen LogP contribution in [0, 0.1) is 18.8 Å². The Labute approximate surface area is 127 Å². The van der Waals surface area contributed by atoms with E-state index in [1.54, 1.807) is 12.1 Å². The van der Waals surface area contributed by atoms with Gasteiger partial charge in [0.2, 0.25) is 0 Å². The van der Waals surface area contributed by atoms with Crippen molar-refractivity contribution in [1.29, 1.82) is 0 Å². The first-order chi connectivity index (χ1) is 10.0. The minimum Gasteiger partial charge on any atom is -0.384 e. The summed E-state index contributed by atoms with van der Waals surface area (Å²) in [5.41, 5.74) is 2.39. The van der Waals surface area contributed by atoms with Gasteiger partial charge >= 0.3 is 0 Å². The summed E-state index contributed by atoms with van der Waals surface area (Å²) in [7, 11) is 4.08. The molecule has 1 aromatic rings. The van der Waals surface area contributed by atoms with Crippen molar-refractivity contribution in [3.63, 3.8) is 0 Å². The van der Waals surface area contributed by atoms with Crippen molar-refractivity contribution < 1.29 is 9.90 Å². The van der Waals surface area contributed by atoms with E-state index in [2.05, 4.69) is 22.1 Å². The Morgan fingerprint density at radius 1 is 1.33 bits per heavy atom. The van der Waals surface area contributed by atoms with Gasteiger partial charge in [0.05, 0.1) is 0 Å². The van der Waals surface area contributed by atoms with Gasteiger partial charge in [-0.2, -0.15) is 0 Å². The molecule has 4 nitrogen and oxygen atoms in total. The number of hydrogen-bond donors (Lipinski definition) is 2. The van der Waals surface area contributed by atoms with Gasteiger partial charge in [-0.25, -0.2) is 0 Å². The largest absolute Gasteiger partial charge is 0.384 e. The van der Waals surface area contributed by atoms with Crippen LogP contribution in [0.25, 0.3) is 0 Å². The van der Waals surface area contributed by atoms with Crippen LogP contribution in [-0.4, -0.2) is 49.7 Å². The highest BCUT2D eigenvalue weighted by atomic mass is 16.2. The van der Waals surface area contributed by atoms with Crippen LogP contribution in [-0.2, 0) is 0 Å². The van der Waals surface area contributed by atoms with Gasteiger partial charge in [0.1, 0.15) is 6.61 Å². The summed E-state index contributed by atoms with van der Waals surface area (Å²) in [4.78, 5) is 14.2. The SMILES string of the molecule is Cc1ccc(C(=O)NCCCCN(C)C)cc1C#CCO. The molecule has 0 heterocycles. The predicted octanol–water partition coefficient (Wildman–Crippen LogP) is 1.41. The molecule has 0 unspecified atom stereocenters. The van der Waals surface area contributed by atoms with Crippen LogP contribution < -0.4 is 5.32 Å². The minimum absolute atomic E-state index is 0.0769. The molecule has 0 aliphatic carbocycles. The van der Waals surface area contributed by atoms with Crippen molar-refractivity contribution in [2.75, 3.05) is 33.8 Å². The quantitative estimate of drug-likeness (QED) is 0.615. The third-order valence-electron chi connectivity index (χ3n) is 3.12. The molecule has 0 bridgehead atoms. The molecule has 0 saturated heterocycles. The van der Waals surface area contributed by atoms with Gasteiger partial charge in [0.15, 0.2) is 0 Å². The smallest absolute Gasteiger partial charge is 0.251 e. The lowest BCUT2D eigenvalue weighted by Crippen LogP contribution is -2.25. The van der Waals surface area contributed by atoms with Crippen molar-refractivity contribution >= 4 is 5.91 Å². The Balaban J connectivity index is 2.54. The molecule has 0 spiro atoms. The molecule has 0 saturated carbocycles. The summed E-state index contributed by atoms with van der Waals surface area (Å²) >= 11 is 0. The number of carbonyl (C=O) groups is 1. The summed E-state index contributed by atoms with van der Waals surface area (Å²) < 4.78 is 0. The van der Waals surface area contributed by atoms with E-state index in [0.717, 1.165) is 30.5 Å². The lowest BCUT2D eigenvalue weighted by atomic mass is 10.0. The molecular formula is C17H24N2O2. The topological polar surface area (TPSA) is 52.6 Å². The van der Waals surface area contributed by atoms with Gasteiger partial charge in [-0.1, -0.05) is 17.9 Å². The predicted molar refractivity (Wildman–Crippen MR) is 85.3 cm³/mol. The Kier molecular flexibility index (Phi) is 7.52. The third kappa shape index (κ3) is 6.44. The van der Waals surface area contributed by atoms with Gasteiger partial charge in [-0.15, -0.1) is 0 Å². The number of hydrogen-bond acceptors (Lipinski definition) is 3. The third-order valence-corrected chi connectivity index (χ3v) is 3.12. The summed E-state index contributed by atoms with van der Waals surface area (Å²) in [6.45, 7) is 3.46. The molecule has 1 rings (SSSR count). The molecule has 0 fully saturated rings. The Morgan fingerprint density at radius 3 is 2.76 bits per heavy atom. The van der Waals surface area contributed by atoms with Crippen molar-refractivity contribution in [3.8, 4) is 11.8 Å². The lowest BCUT2D eigenvalue weighted by molar-refractivity contribution is 0.0952. The minimum atomic E-state index is -0.179. The number of amides is 1. The molecule has 21 heavy (non-hydrogen) atoms. The first kappa shape index (κ1) is 17.2. The van der Waals surface area contributed by atoms with Gasteiger partial charge in [0, 0.05) is 17.7 Å².